The van der Waals surface area contributed by atoms with Crippen molar-refractivity contribution in [1.29, 1.82) is 0 Å². The molecule has 0 saturated carbocycles. The van der Waals surface area contributed by atoms with Crippen LogP contribution in [-0.2, 0) is 11.3 Å². The van der Waals surface area contributed by atoms with Gasteiger partial charge in [0, 0.05) is 5.56 Å². The molecule has 0 saturated heterocycles. The van der Waals surface area contributed by atoms with Gasteiger partial charge in [0.05, 0.1) is 18.6 Å². The Labute approximate surface area is 98.6 Å². The summed E-state index contributed by atoms with van der Waals surface area (Å²) < 4.78 is 5.07. The highest BCUT2D eigenvalue weighted by molar-refractivity contribution is 5.81. The van der Waals surface area contributed by atoms with Crippen molar-refractivity contribution in [1.82, 2.24) is 4.90 Å². The number of aliphatic carboxylic acids is 1. The van der Waals surface area contributed by atoms with E-state index in [9.17, 15) is 14.7 Å². The van der Waals surface area contributed by atoms with Crippen LogP contribution in [0.25, 0.3) is 0 Å². The van der Waals surface area contributed by atoms with E-state index >= 15 is 0 Å². The van der Waals surface area contributed by atoms with Crippen molar-refractivity contribution in [3.8, 4) is 5.75 Å². The van der Waals surface area contributed by atoms with Crippen molar-refractivity contribution < 1.29 is 19.4 Å². The Morgan fingerprint density at radius 1 is 1.53 bits per heavy atom. The van der Waals surface area contributed by atoms with Crippen molar-refractivity contribution in [2.75, 3.05) is 0 Å². The number of hydrogen-bond donors (Lipinski definition) is 0. The van der Waals surface area contributed by atoms with E-state index in [1.54, 1.807) is 25.1 Å². The Balaban J connectivity index is 2.28. The third-order valence-electron chi connectivity index (χ3n) is 2.78. The maximum absolute atomic E-state index is 11.7. The summed E-state index contributed by atoms with van der Waals surface area (Å²) in [4.78, 5) is 23.8. The first-order valence-corrected chi connectivity index (χ1v) is 5.40. The van der Waals surface area contributed by atoms with Crippen LogP contribution in [0.5, 0.6) is 5.75 Å². The molecule has 1 unspecified atom stereocenters. The van der Waals surface area contributed by atoms with E-state index in [1.165, 1.54) is 4.90 Å². The number of carbonyl (C=O) groups is 2. The summed E-state index contributed by atoms with van der Waals surface area (Å²) in [6, 6.07) is 6.12. The summed E-state index contributed by atoms with van der Waals surface area (Å²) in [5.41, 5.74) is 0.798. The molecule has 0 aliphatic carbocycles. The average molecular weight is 234 g/mol. The van der Waals surface area contributed by atoms with E-state index in [4.69, 9.17) is 4.74 Å². The summed E-state index contributed by atoms with van der Waals surface area (Å²) in [6.45, 7) is 1.93. The molecule has 1 aliphatic rings. The second-order valence-electron chi connectivity index (χ2n) is 3.85. The van der Waals surface area contributed by atoms with E-state index in [-0.39, 0.29) is 6.54 Å². The molecular weight excluding hydrogens is 222 g/mol. The quantitative estimate of drug-likeness (QED) is 0.765. The number of para-hydroxylation sites is 1. The first-order chi connectivity index (χ1) is 8.13. The van der Waals surface area contributed by atoms with Crippen molar-refractivity contribution in [2.24, 2.45) is 0 Å². The van der Waals surface area contributed by atoms with E-state index < -0.39 is 18.1 Å². The van der Waals surface area contributed by atoms with Crippen LogP contribution in [0.2, 0.25) is 0 Å². The van der Waals surface area contributed by atoms with E-state index in [0.29, 0.717) is 12.2 Å². The van der Waals surface area contributed by atoms with Crippen molar-refractivity contribution in [2.45, 2.75) is 25.9 Å². The van der Waals surface area contributed by atoms with Crippen LogP contribution in [0.15, 0.2) is 24.3 Å². The zero-order chi connectivity index (χ0) is 12.4. The van der Waals surface area contributed by atoms with Crippen LogP contribution in [0, 0.1) is 0 Å². The lowest BCUT2D eigenvalue weighted by Crippen LogP contribution is -2.52. The van der Waals surface area contributed by atoms with Gasteiger partial charge >= 0.3 is 6.09 Å². The van der Waals surface area contributed by atoms with E-state index in [0.717, 1.165) is 5.56 Å². The van der Waals surface area contributed by atoms with Gasteiger partial charge in [0.15, 0.2) is 0 Å². The molecule has 90 valence electrons. The van der Waals surface area contributed by atoms with Crippen LogP contribution in [-0.4, -0.2) is 23.0 Å². The first-order valence-electron chi connectivity index (χ1n) is 5.40. The van der Waals surface area contributed by atoms with Crippen LogP contribution in [0.4, 0.5) is 4.79 Å². The van der Waals surface area contributed by atoms with Gasteiger partial charge in [-0.25, -0.2) is 4.79 Å². The molecule has 17 heavy (non-hydrogen) atoms. The van der Waals surface area contributed by atoms with E-state index in [2.05, 4.69) is 0 Å². The number of hydrogen-bond acceptors (Lipinski definition) is 4. The molecule has 2 rings (SSSR count). The van der Waals surface area contributed by atoms with Crippen molar-refractivity contribution >= 4 is 12.1 Å². The number of rotatable bonds is 3. The molecule has 1 aromatic carbocycles. The Kier molecular flexibility index (Phi) is 2.99. The number of benzene rings is 1. The lowest BCUT2D eigenvalue weighted by molar-refractivity contribution is -0.311. The highest BCUT2D eigenvalue weighted by atomic mass is 16.6. The fourth-order valence-corrected chi connectivity index (χ4v) is 1.89. The number of ether oxygens (including phenoxy) is 1. The van der Waals surface area contributed by atoms with Gasteiger partial charge in [0.2, 0.25) is 0 Å². The third-order valence-corrected chi connectivity index (χ3v) is 2.78. The van der Waals surface area contributed by atoms with Crippen LogP contribution in [0.1, 0.15) is 18.9 Å². The number of amides is 1. The highest BCUT2D eigenvalue weighted by Gasteiger charge is 2.30. The first kappa shape index (κ1) is 11.4. The molecule has 1 amide bonds. The minimum atomic E-state index is -1.26. The highest BCUT2D eigenvalue weighted by Crippen LogP contribution is 2.27. The maximum Gasteiger partial charge on any atom is 0.416 e. The largest absolute Gasteiger partial charge is 0.548 e. The summed E-state index contributed by atoms with van der Waals surface area (Å²) in [5, 5.41) is 10.9. The second kappa shape index (κ2) is 4.45. The average Bonchev–Trinajstić information content (AvgIpc) is 2.30. The minimum absolute atomic E-state index is 0.238. The molecule has 0 aromatic heterocycles. The molecule has 0 spiro atoms. The molecule has 0 bridgehead atoms. The maximum atomic E-state index is 11.7. The summed E-state index contributed by atoms with van der Waals surface area (Å²) in [7, 11) is 0. The molecular formula is C12H12NO4-. The van der Waals surface area contributed by atoms with Gasteiger partial charge in [-0.1, -0.05) is 25.1 Å². The van der Waals surface area contributed by atoms with Crippen LogP contribution >= 0.6 is 0 Å². The van der Waals surface area contributed by atoms with Crippen molar-refractivity contribution in [3.63, 3.8) is 0 Å². The lowest BCUT2D eigenvalue weighted by atomic mass is 10.1. The van der Waals surface area contributed by atoms with Gasteiger partial charge in [-0.2, -0.15) is 0 Å². The molecule has 1 aliphatic heterocycles. The molecule has 5 heteroatoms. The number of carboxylic acids is 1. The third kappa shape index (κ3) is 2.08. The Morgan fingerprint density at radius 2 is 2.24 bits per heavy atom. The number of fused-ring (bicyclic) bond motifs is 1. The SMILES string of the molecule is CCC(C(=O)[O-])N1Cc2ccccc2OC1=O. The Bertz CT molecular complexity index is 458. The molecule has 1 aromatic rings. The van der Waals surface area contributed by atoms with Gasteiger partial charge in [0.25, 0.3) is 0 Å². The normalized spacial score (nSPS) is 16.1. The predicted molar refractivity (Wildman–Crippen MR) is 57.1 cm³/mol. The molecule has 0 radical (unpaired) electrons. The summed E-state index contributed by atoms with van der Waals surface area (Å²) in [5.74, 6) is -0.772. The predicted octanol–water partition coefficient (Wildman–Crippen LogP) is 0.530. The van der Waals surface area contributed by atoms with E-state index in [1.807, 2.05) is 6.07 Å². The summed E-state index contributed by atoms with van der Waals surface area (Å²) in [6.07, 6.45) is -0.348. The van der Waals surface area contributed by atoms with Gasteiger partial charge in [0.1, 0.15) is 5.75 Å². The topological polar surface area (TPSA) is 69.7 Å². The second-order valence-corrected chi connectivity index (χ2v) is 3.85. The smallest absolute Gasteiger partial charge is 0.416 e. The number of nitrogens with zero attached hydrogens (tertiary/aromatic N) is 1. The van der Waals surface area contributed by atoms with Crippen LogP contribution < -0.4 is 9.84 Å². The summed E-state index contributed by atoms with van der Waals surface area (Å²) >= 11 is 0. The Morgan fingerprint density at radius 3 is 2.88 bits per heavy atom. The molecule has 5 nitrogen and oxygen atoms in total. The van der Waals surface area contributed by atoms with Gasteiger partial charge in [-0.05, 0) is 12.5 Å². The van der Waals surface area contributed by atoms with Crippen molar-refractivity contribution in [3.05, 3.63) is 29.8 Å². The molecule has 1 atom stereocenters. The fraction of sp³-hybridized carbons (Fsp3) is 0.333. The zero-order valence-corrected chi connectivity index (χ0v) is 9.38. The number of carboxylic acid groups (broad SMARTS) is 1. The molecule has 0 fully saturated rings. The monoisotopic (exact) mass is 234 g/mol. The van der Waals surface area contributed by atoms with Crippen LogP contribution in [0.3, 0.4) is 0 Å². The zero-order valence-electron chi connectivity index (χ0n) is 9.38. The standard InChI is InChI=1S/C12H13NO4/c1-2-9(11(14)15)13-7-8-5-3-4-6-10(8)17-12(13)16/h3-6,9H,2,7H2,1H3,(H,14,15)/p-1. The molecule has 0 N–H and O–H groups in total. The van der Waals surface area contributed by atoms with Gasteiger partial charge < -0.3 is 14.6 Å². The lowest BCUT2D eigenvalue weighted by Gasteiger charge is -2.34. The van der Waals surface area contributed by atoms with Gasteiger partial charge in [-0.3, -0.25) is 4.90 Å². The fourth-order valence-electron chi connectivity index (χ4n) is 1.89. The number of carbonyl (C=O) groups excluding carboxylic acids is 2. The minimum Gasteiger partial charge on any atom is -0.548 e. The molecule has 1 heterocycles. The Hall–Kier alpha value is -2.04. The van der Waals surface area contributed by atoms with Gasteiger partial charge in [-0.15, -0.1) is 0 Å².